The van der Waals surface area contributed by atoms with E-state index in [1.807, 2.05) is 6.92 Å². The number of nitrogens with zero attached hydrogens (tertiary/aromatic N) is 1. The number of nitrogens with two attached hydrogens (primary N) is 1. The van der Waals surface area contributed by atoms with Crippen LogP contribution in [0.3, 0.4) is 0 Å². The predicted molar refractivity (Wildman–Crippen MR) is 112 cm³/mol. The Bertz CT molecular complexity index is 888. The van der Waals surface area contributed by atoms with E-state index in [0.717, 1.165) is 0 Å². The van der Waals surface area contributed by atoms with Crippen LogP contribution in [0.5, 0.6) is 5.75 Å². The molecule has 0 unspecified atom stereocenters. The lowest BCUT2D eigenvalue weighted by atomic mass is 10.2. The maximum Gasteiger partial charge on any atom is 0.260 e. The second-order valence-electron chi connectivity index (χ2n) is 6.16. The van der Waals surface area contributed by atoms with Gasteiger partial charge in [0.05, 0.1) is 17.3 Å². The molecule has 7 nitrogen and oxygen atoms in total. The summed E-state index contributed by atoms with van der Waals surface area (Å²) in [6.07, 6.45) is 0.671. The Morgan fingerprint density at radius 3 is 2.41 bits per heavy atom. The molecule has 0 aromatic heterocycles. The van der Waals surface area contributed by atoms with Crippen LogP contribution in [0.1, 0.15) is 23.7 Å². The van der Waals surface area contributed by atoms with Gasteiger partial charge in [-0.1, -0.05) is 30.1 Å². The molecule has 3 N–H and O–H groups in total. The van der Waals surface area contributed by atoms with Gasteiger partial charge in [0.25, 0.3) is 5.91 Å². The Balaban J connectivity index is 1.94. The molecular formula is C20H21Cl2N3O4. The van der Waals surface area contributed by atoms with Gasteiger partial charge in [-0.2, -0.15) is 0 Å². The van der Waals surface area contributed by atoms with E-state index in [-0.39, 0.29) is 19.1 Å². The van der Waals surface area contributed by atoms with Gasteiger partial charge >= 0.3 is 0 Å². The second kappa shape index (κ2) is 10.7. The molecule has 3 amide bonds. The van der Waals surface area contributed by atoms with Crippen molar-refractivity contribution in [2.45, 2.75) is 13.3 Å². The van der Waals surface area contributed by atoms with E-state index < -0.39 is 11.8 Å². The molecule has 0 atom stereocenters. The van der Waals surface area contributed by atoms with Crippen LogP contribution in [0.15, 0.2) is 42.5 Å². The van der Waals surface area contributed by atoms with Crippen LogP contribution in [0.2, 0.25) is 10.0 Å². The van der Waals surface area contributed by atoms with Crippen LogP contribution in [0, 0.1) is 0 Å². The standard InChI is InChI=1S/C20H21Cl2N3O4/c1-2-9-25(11-18(26)24-17-10-14(21)5-8-16(17)22)19(27)12-29-15-6-3-13(4-7-15)20(23)28/h3-8,10H,2,9,11-12H2,1H3,(H2,23,28)(H,24,26). The fourth-order valence-corrected chi connectivity index (χ4v) is 2.81. The maximum atomic E-state index is 12.5. The largest absolute Gasteiger partial charge is 0.484 e. The Hall–Kier alpha value is -2.77. The smallest absolute Gasteiger partial charge is 0.260 e. The molecule has 154 valence electrons. The quantitative estimate of drug-likeness (QED) is 0.627. The number of hydrogen-bond acceptors (Lipinski definition) is 4. The minimum Gasteiger partial charge on any atom is -0.484 e. The summed E-state index contributed by atoms with van der Waals surface area (Å²) in [4.78, 5) is 37.3. The van der Waals surface area contributed by atoms with Crippen molar-refractivity contribution >= 4 is 46.6 Å². The van der Waals surface area contributed by atoms with Gasteiger partial charge in [-0.15, -0.1) is 0 Å². The van der Waals surface area contributed by atoms with E-state index in [9.17, 15) is 14.4 Å². The number of ether oxygens (including phenoxy) is 1. The molecule has 2 aromatic carbocycles. The fraction of sp³-hybridized carbons (Fsp3) is 0.250. The van der Waals surface area contributed by atoms with Crippen molar-refractivity contribution in [3.63, 3.8) is 0 Å². The Morgan fingerprint density at radius 2 is 1.79 bits per heavy atom. The van der Waals surface area contributed by atoms with Crippen molar-refractivity contribution < 1.29 is 19.1 Å². The number of hydrogen-bond donors (Lipinski definition) is 2. The number of amides is 3. The fourth-order valence-electron chi connectivity index (χ4n) is 2.47. The van der Waals surface area contributed by atoms with Gasteiger partial charge in [-0.25, -0.2) is 0 Å². The summed E-state index contributed by atoms with van der Waals surface area (Å²) in [7, 11) is 0. The van der Waals surface area contributed by atoms with Crippen molar-refractivity contribution in [2.24, 2.45) is 5.73 Å². The van der Waals surface area contributed by atoms with E-state index >= 15 is 0 Å². The first kappa shape index (κ1) is 22.5. The maximum absolute atomic E-state index is 12.5. The van der Waals surface area contributed by atoms with Crippen molar-refractivity contribution in [3.05, 3.63) is 58.1 Å². The lowest BCUT2D eigenvalue weighted by Gasteiger charge is -2.22. The molecule has 0 fully saturated rings. The number of rotatable bonds is 9. The summed E-state index contributed by atoms with van der Waals surface area (Å²) in [5.74, 6) is -0.887. The zero-order valence-corrected chi connectivity index (χ0v) is 17.3. The summed E-state index contributed by atoms with van der Waals surface area (Å²) in [5.41, 5.74) is 5.90. The van der Waals surface area contributed by atoms with Crippen LogP contribution in [-0.4, -0.2) is 42.3 Å². The Morgan fingerprint density at radius 1 is 1.10 bits per heavy atom. The summed E-state index contributed by atoms with van der Waals surface area (Å²) in [6, 6.07) is 10.8. The van der Waals surface area contributed by atoms with Gasteiger partial charge in [0.15, 0.2) is 6.61 Å². The number of anilines is 1. The molecule has 0 saturated carbocycles. The Labute approximate surface area is 178 Å². The number of carbonyl (C=O) groups is 3. The average molecular weight is 438 g/mol. The highest BCUT2D eigenvalue weighted by molar-refractivity contribution is 6.35. The lowest BCUT2D eigenvalue weighted by Crippen LogP contribution is -2.41. The van der Waals surface area contributed by atoms with Crippen molar-refractivity contribution in [1.82, 2.24) is 4.90 Å². The topological polar surface area (TPSA) is 102 Å². The summed E-state index contributed by atoms with van der Waals surface area (Å²) in [5, 5.41) is 3.43. The monoisotopic (exact) mass is 437 g/mol. The van der Waals surface area contributed by atoms with Gasteiger partial charge in [-0.3, -0.25) is 14.4 Å². The van der Waals surface area contributed by atoms with Crippen LogP contribution < -0.4 is 15.8 Å². The highest BCUT2D eigenvalue weighted by Crippen LogP contribution is 2.25. The summed E-state index contributed by atoms with van der Waals surface area (Å²) in [6.45, 7) is 1.88. The van der Waals surface area contributed by atoms with Crippen LogP contribution in [0.25, 0.3) is 0 Å². The number of halogens is 2. The van der Waals surface area contributed by atoms with Crippen LogP contribution in [-0.2, 0) is 9.59 Å². The molecule has 0 aliphatic heterocycles. The first-order valence-electron chi connectivity index (χ1n) is 8.85. The van der Waals surface area contributed by atoms with Crippen LogP contribution in [0.4, 0.5) is 5.69 Å². The Kier molecular flexibility index (Phi) is 8.30. The van der Waals surface area contributed by atoms with E-state index in [1.54, 1.807) is 24.3 Å². The van der Waals surface area contributed by atoms with E-state index in [2.05, 4.69) is 5.32 Å². The molecule has 0 radical (unpaired) electrons. The second-order valence-corrected chi connectivity index (χ2v) is 7.01. The molecule has 29 heavy (non-hydrogen) atoms. The van der Waals surface area contributed by atoms with Gasteiger partial charge in [0.2, 0.25) is 11.8 Å². The van der Waals surface area contributed by atoms with Gasteiger partial charge in [0, 0.05) is 17.1 Å². The highest BCUT2D eigenvalue weighted by Gasteiger charge is 2.18. The van der Waals surface area contributed by atoms with E-state index in [1.165, 1.54) is 23.1 Å². The third-order valence-electron chi connectivity index (χ3n) is 3.88. The zero-order chi connectivity index (χ0) is 21.4. The van der Waals surface area contributed by atoms with Gasteiger partial charge in [-0.05, 0) is 48.9 Å². The minimum atomic E-state index is -0.549. The number of primary amides is 1. The summed E-state index contributed by atoms with van der Waals surface area (Å²) < 4.78 is 5.45. The first-order chi connectivity index (χ1) is 13.8. The molecule has 0 aliphatic rings. The molecule has 9 heteroatoms. The van der Waals surface area contributed by atoms with Crippen LogP contribution >= 0.6 is 23.2 Å². The SMILES string of the molecule is CCCN(CC(=O)Nc1cc(Cl)ccc1Cl)C(=O)COc1ccc(C(N)=O)cc1. The zero-order valence-electron chi connectivity index (χ0n) is 15.8. The van der Waals surface area contributed by atoms with Gasteiger partial charge in [0.1, 0.15) is 5.75 Å². The molecule has 0 heterocycles. The first-order valence-corrected chi connectivity index (χ1v) is 9.61. The number of carbonyl (C=O) groups excluding carboxylic acids is 3. The van der Waals surface area contributed by atoms with Crippen molar-refractivity contribution in [1.29, 1.82) is 0 Å². The number of benzene rings is 2. The van der Waals surface area contributed by atoms with Gasteiger partial charge < -0.3 is 20.7 Å². The molecule has 2 aromatic rings. The lowest BCUT2D eigenvalue weighted by molar-refractivity contribution is -0.136. The average Bonchev–Trinajstić information content (AvgIpc) is 2.69. The molecule has 0 aliphatic carbocycles. The molecule has 2 rings (SSSR count). The van der Waals surface area contributed by atoms with E-state index in [4.69, 9.17) is 33.7 Å². The third-order valence-corrected chi connectivity index (χ3v) is 4.45. The predicted octanol–water partition coefficient (Wildman–Crippen LogP) is 3.35. The van der Waals surface area contributed by atoms with Crippen molar-refractivity contribution in [3.8, 4) is 5.75 Å². The van der Waals surface area contributed by atoms with Crippen molar-refractivity contribution in [2.75, 3.05) is 25.0 Å². The molecule has 0 spiro atoms. The molecule has 0 saturated heterocycles. The highest BCUT2D eigenvalue weighted by atomic mass is 35.5. The normalized spacial score (nSPS) is 10.3. The van der Waals surface area contributed by atoms with E-state index in [0.29, 0.717) is 40.0 Å². The minimum absolute atomic E-state index is 0.153. The third kappa shape index (κ3) is 6.96. The number of nitrogens with one attached hydrogen (secondary N) is 1. The molecule has 0 bridgehead atoms. The summed E-state index contributed by atoms with van der Waals surface area (Å²) >= 11 is 12.0. The molecular weight excluding hydrogens is 417 g/mol.